The van der Waals surface area contributed by atoms with E-state index in [9.17, 15) is 9.90 Å². The molecule has 2 aromatic rings. The van der Waals surface area contributed by atoms with Gasteiger partial charge in [-0.1, -0.05) is 53.7 Å². The number of benzene rings is 2. The highest BCUT2D eigenvalue weighted by Crippen LogP contribution is 2.38. The quantitative estimate of drug-likeness (QED) is 0.703. The topological polar surface area (TPSA) is 37.3 Å². The van der Waals surface area contributed by atoms with E-state index in [0.717, 1.165) is 27.8 Å². The number of phenols is 1. The van der Waals surface area contributed by atoms with E-state index in [1.54, 1.807) is 19.1 Å². The maximum absolute atomic E-state index is 12.4. The Labute approximate surface area is 145 Å². The molecule has 0 saturated heterocycles. The molecule has 0 radical (unpaired) electrons. The molecule has 0 aromatic heterocycles. The average Bonchev–Trinajstić information content (AvgIpc) is 2.44. The Morgan fingerprint density at radius 3 is 1.54 bits per heavy atom. The third-order valence-electron chi connectivity index (χ3n) is 4.31. The number of aromatic hydroxyl groups is 1. The van der Waals surface area contributed by atoms with Crippen LogP contribution >= 0.6 is 0 Å². The van der Waals surface area contributed by atoms with Crippen LogP contribution in [0.15, 0.2) is 36.4 Å². The molecular formula is C22H28O2. The molecule has 0 bridgehead atoms. The molecule has 0 spiro atoms. The second kappa shape index (κ2) is 6.08. The molecule has 128 valence electrons. The molecule has 0 atom stereocenters. The zero-order valence-electron chi connectivity index (χ0n) is 15.8. The maximum Gasteiger partial charge on any atom is 0.160 e. The largest absolute Gasteiger partial charge is 0.508 e. The van der Waals surface area contributed by atoms with Crippen molar-refractivity contribution in [3.63, 3.8) is 0 Å². The molecule has 0 unspecified atom stereocenters. The van der Waals surface area contributed by atoms with Gasteiger partial charge in [0.15, 0.2) is 5.78 Å². The average molecular weight is 324 g/mol. The van der Waals surface area contributed by atoms with Crippen LogP contribution in [0, 0.1) is 0 Å². The Balaban J connectivity index is 2.85. The van der Waals surface area contributed by atoms with Crippen LogP contribution in [-0.2, 0) is 10.8 Å². The van der Waals surface area contributed by atoms with Gasteiger partial charge in [0.1, 0.15) is 5.75 Å². The highest BCUT2D eigenvalue weighted by Gasteiger charge is 2.28. The van der Waals surface area contributed by atoms with Crippen molar-refractivity contribution < 1.29 is 9.90 Å². The van der Waals surface area contributed by atoms with Gasteiger partial charge in [0.25, 0.3) is 0 Å². The lowest BCUT2D eigenvalue weighted by molar-refractivity contribution is 0.101. The Hall–Kier alpha value is -2.09. The van der Waals surface area contributed by atoms with E-state index >= 15 is 0 Å². The van der Waals surface area contributed by atoms with Crippen LogP contribution in [0.25, 0.3) is 11.1 Å². The van der Waals surface area contributed by atoms with Crippen LogP contribution in [0.1, 0.15) is 70.0 Å². The van der Waals surface area contributed by atoms with Crippen LogP contribution in [0.5, 0.6) is 5.75 Å². The number of phenolic OH excluding ortho intramolecular Hbond substituents is 1. The van der Waals surface area contributed by atoms with E-state index < -0.39 is 0 Å². The van der Waals surface area contributed by atoms with Gasteiger partial charge in [-0.25, -0.2) is 0 Å². The van der Waals surface area contributed by atoms with Gasteiger partial charge in [-0.3, -0.25) is 4.79 Å². The first-order chi connectivity index (χ1) is 10.9. The molecule has 2 heteroatoms. The zero-order chi connectivity index (χ0) is 18.3. The van der Waals surface area contributed by atoms with Crippen molar-refractivity contribution in [3.8, 4) is 16.9 Å². The minimum atomic E-state index is -0.131. The fraction of sp³-hybridized carbons (Fsp3) is 0.409. The van der Waals surface area contributed by atoms with E-state index in [0.29, 0.717) is 0 Å². The third-order valence-corrected chi connectivity index (χ3v) is 4.31. The lowest BCUT2D eigenvalue weighted by atomic mass is 9.74. The number of hydrogen-bond donors (Lipinski definition) is 1. The first kappa shape index (κ1) is 18.3. The number of Topliss-reactive ketones (excluding diaryl/α,β-unsaturated/α-hetero) is 1. The summed E-state index contributed by atoms with van der Waals surface area (Å²) < 4.78 is 0. The summed E-state index contributed by atoms with van der Waals surface area (Å²) in [6.07, 6.45) is 0. The Morgan fingerprint density at radius 2 is 1.21 bits per heavy atom. The molecule has 2 rings (SSSR count). The fourth-order valence-corrected chi connectivity index (χ4v) is 3.02. The van der Waals surface area contributed by atoms with Crippen LogP contribution < -0.4 is 0 Å². The molecule has 0 heterocycles. The molecule has 0 fully saturated rings. The third kappa shape index (κ3) is 3.69. The molecule has 0 aliphatic rings. The summed E-state index contributed by atoms with van der Waals surface area (Å²) in [4.78, 5) is 12.4. The Kier molecular flexibility index (Phi) is 4.63. The fourth-order valence-electron chi connectivity index (χ4n) is 3.02. The van der Waals surface area contributed by atoms with Gasteiger partial charge in [-0.2, -0.15) is 0 Å². The minimum absolute atomic E-state index is 0.113. The van der Waals surface area contributed by atoms with E-state index in [-0.39, 0.29) is 22.4 Å². The van der Waals surface area contributed by atoms with E-state index in [1.165, 1.54) is 0 Å². The van der Waals surface area contributed by atoms with E-state index in [4.69, 9.17) is 0 Å². The molecule has 24 heavy (non-hydrogen) atoms. The van der Waals surface area contributed by atoms with Crippen molar-refractivity contribution in [1.29, 1.82) is 0 Å². The van der Waals surface area contributed by atoms with Gasteiger partial charge in [-0.15, -0.1) is 0 Å². The van der Waals surface area contributed by atoms with Gasteiger partial charge in [-0.05, 0) is 64.3 Å². The molecular weight excluding hydrogens is 296 g/mol. The number of ketones is 1. The van der Waals surface area contributed by atoms with Crippen LogP contribution in [-0.4, -0.2) is 10.9 Å². The molecule has 2 nitrogen and oxygen atoms in total. The van der Waals surface area contributed by atoms with Gasteiger partial charge in [0, 0.05) is 5.56 Å². The lowest BCUT2D eigenvalue weighted by Gasteiger charge is -2.30. The summed E-state index contributed by atoms with van der Waals surface area (Å²) in [6.45, 7) is 14.5. The Morgan fingerprint density at radius 1 is 0.792 bits per heavy atom. The van der Waals surface area contributed by atoms with Crippen LogP contribution in [0.3, 0.4) is 0 Å². The standard InChI is InChI=1S/C22H28O2/c1-14(23)20-18(21(2,3)4)12-16(13-19(20)22(5,6)7)15-8-10-17(24)11-9-15/h8-13,24H,1-7H3. The van der Waals surface area contributed by atoms with Crippen LogP contribution in [0.2, 0.25) is 0 Å². The van der Waals surface area contributed by atoms with Crippen LogP contribution in [0.4, 0.5) is 0 Å². The van der Waals surface area contributed by atoms with Crippen molar-refractivity contribution >= 4 is 5.78 Å². The summed E-state index contributed by atoms with van der Waals surface area (Å²) in [5.41, 5.74) is 4.85. The highest BCUT2D eigenvalue weighted by atomic mass is 16.3. The molecule has 0 saturated carbocycles. The van der Waals surface area contributed by atoms with Crippen molar-refractivity contribution in [2.75, 3.05) is 0 Å². The predicted octanol–water partition coefficient (Wildman–Crippen LogP) is 5.86. The smallest absolute Gasteiger partial charge is 0.160 e. The SMILES string of the molecule is CC(=O)c1c(C(C)(C)C)cc(-c2ccc(O)cc2)cc1C(C)(C)C. The van der Waals surface area contributed by atoms with Crippen molar-refractivity contribution in [3.05, 3.63) is 53.1 Å². The van der Waals surface area contributed by atoms with Gasteiger partial charge >= 0.3 is 0 Å². The first-order valence-electron chi connectivity index (χ1n) is 8.40. The number of carbonyl (C=O) groups excluding carboxylic acids is 1. The van der Waals surface area contributed by atoms with E-state index in [2.05, 4.69) is 53.7 Å². The summed E-state index contributed by atoms with van der Waals surface area (Å²) in [5.74, 6) is 0.369. The second-order valence-electron chi connectivity index (χ2n) is 8.55. The van der Waals surface area contributed by atoms with Gasteiger partial charge in [0.05, 0.1) is 0 Å². The maximum atomic E-state index is 12.4. The summed E-state index contributed by atoms with van der Waals surface area (Å²) >= 11 is 0. The second-order valence-corrected chi connectivity index (χ2v) is 8.55. The summed E-state index contributed by atoms with van der Waals surface area (Å²) in [5, 5.41) is 9.54. The highest BCUT2D eigenvalue weighted by molar-refractivity contribution is 5.98. The first-order valence-corrected chi connectivity index (χ1v) is 8.40. The summed E-state index contributed by atoms with van der Waals surface area (Å²) in [6, 6.07) is 11.5. The van der Waals surface area contributed by atoms with E-state index in [1.807, 2.05) is 12.1 Å². The molecule has 2 aromatic carbocycles. The lowest BCUT2D eigenvalue weighted by Crippen LogP contribution is -2.23. The van der Waals surface area contributed by atoms with Gasteiger partial charge in [0.2, 0.25) is 0 Å². The Bertz CT molecular complexity index is 719. The number of rotatable bonds is 2. The number of hydrogen-bond acceptors (Lipinski definition) is 2. The molecule has 1 N–H and O–H groups in total. The van der Waals surface area contributed by atoms with Crippen molar-refractivity contribution in [2.24, 2.45) is 0 Å². The molecule has 0 amide bonds. The summed E-state index contributed by atoms with van der Waals surface area (Å²) in [7, 11) is 0. The minimum Gasteiger partial charge on any atom is -0.508 e. The van der Waals surface area contributed by atoms with Crippen molar-refractivity contribution in [1.82, 2.24) is 0 Å². The van der Waals surface area contributed by atoms with Crippen molar-refractivity contribution in [2.45, 2.75) is 59.3 Å². The number of carbonyl (C=O) groups is 1. The normalized spacial score (nSPS) is 12.3. The van der Waals surface area contributed by atoms with Gasteiger partial charge < -0.3 is 5.11 Å². The molecule has 0 aliphatic heterocycles. The zero-order valence-corrected chi connectivity index (χ0v) is 15.8. The predicted molar refractivity (Wildman–Crippen MR) is 101 cm³/mol. The monoisotopic (exact) mass is 324 g/mol. The molecule has 0 aliphatic carbocycles.